The first-order valence-electron chi connectivity index (χ1n) is 15.1. The second kappa shape index (κ2) is 16.0. The van der Waals surface area contributed by atoms with Gasteiger partial charge in [0.15, 0.2) is 0 Å². The van der Waals surface area contributed by atoms with Crippen molar-refractivity contribution in [3.05, 3.63) is 95.0 Å². The molecule has 0 saturated heterocycles. The van der Waals surface area contributed by atoms with Crippen LogP contribution in [0.2, 0.25) is 5.02 Å². The summed E-state index contributed by atoms with van der Waals surface area (Å²) in [6.45, 7) is 0.293. The molecule has 1 unspecified atom stereocenters. The molecule has 1 fully saturated rings. The minimum absolute atomic E-state index is 0.0541. The van der Waals surface area contributed by atoms with Crippen molar-refractivity contribution in [2.45, 2.75) is 70.0 Å². The largest absolute Gasteiger partial charge is 0.497 e. The molecule has 0 heterocycles. The number of carbonyl (C=O) groups excluding carboxylic acids is 2. The van der Waals surface area contributed by atoms with Crippen LogP contribution in [-0.2, 0) is 32.6 Å². The monoisotopic (exact) mass is 639 g/mol. The van der Waals surface area contributed by atoms with Crippen molar-refractivity contribution in [2.24, 2.45) is 0 Å². The molecule has 0 bridgehead atoms. The summed E-state index contributed by atoms with van der Waals surface area (Å²) in [6.07, 6.45) is 6.98. The molecule has 0 spiro atoms. The van der Waals surface area contributed by atoms with Crippen LogP contribution in [0.25, 0.3) is 0 Å². The molecular formula is C34H42ClN3O5S. The number of carbonyl (C=O) groups is 2. The number of ether oxygens (including phenoxy) is 1. The lowest BCUT2D eigenvalue weighted by atomic mass is 9.94. The van der Waals surface area contributed by atoms with Crippen molar-refractivity contribution < 1.29 is 22.7 Å². The van der Waals surface area contributed by atoms with E-state index in [1.165, 1.54) is 17.8 Å². The molecule has 1 atom stereocenters. The Labute approximate surface area is 266 Å². The van der Waals surface area contributed by atoms with E-state index in [9.17, 15) is 18.0 Å². The van der Waals surface area contributed by atoms with Crippen LogP contribution in [0, 0.1) is 0 Å². The standard InChI is InChI=1S/C34H42ClN3O5S/c1-43-31-19-10-18-30(24-31)38(44(2,41)42)21-11-20-33(39)37(25-27-14-9-15-28(35)22-27)32(23-26-12-5-3-6-13-26)34(40)36-29-16-7-4-8-17-29/h3,5-6,9-10,12-15,18-19,22,24,29,32H,4,7-8,11,16-17,20-21,23,25H2,1-2H3,(H,36,40). The molecule has 1 N–H and O–H groups in total. The van der Waals surface area contributed by atoms with Crippen molar-refractivity contribution >= 4 is 39.1 Å². The topological polar surface area (TPSA) is 96.0 Å². The highest BCUT2D eigenvalue weighted by atomic mass is 35.5. The van der Waals surface area contributed by atoms with Gasteiger partial charge in [0.2, 0.25) is 21.8 Å². The van der Waals surface area contributed by atoms with Crippen molar-refractivity contribution in [2.75, 3.05) is 24.2 Å². The van der Waals surface area contributed by atoms with Gasteiger partial charge in [-0.1, -0.05) is 79.4 Å². The van der Waals surface area contributed by atoms with E-state index in [0.717, 1.165) is 43.1 Å². The number of hydrogen-bond acceptors (Lipinski definition) is 5. The Morgan fingerprint density at radius 3 is 2.34 bits per heavy atom. The number of amides is 2. The van der Waals surface area contributed by atoms with Gasteiger partial charge < -0.3 is 15.0 Å². The van der Waals surface area contributed by atoms with Crippen LogP contribution in [-0.4, -0.2) is 57.1 Å². The smallest absolute Gasteiger partial charge is 0.243 e. The molecule has 10 heteroatoms. The average molecular weight is 640 g/mol. The Hall–Kier alpha value is -3.56. The van der Waals surface area contributed by atoms with E-state index in [1.54, 1.807) is 41.3 Å². The Bertz CT molecular complexity index is 1500. The summed E-state index contributed by atoms with van der Waals surface area (Å²) in [7, 11) is -2.11. The van der Waals surface area contributed by atoms with E-state index in [2.05, 4.69) is 5.32 Å². The number of sulfonamides is 1. The third-order valence-corrected chi connectivity index (χ3v) is 9.39. The summed E-state index contributed by atoms with van der Waals surface area (Å²) < 4.78 is 32.0. The lowest BCUT2D eigenvalue weighted by molar-refractivity contribution is -0.141. The van der Waals surface area contributed by atoms with Crippen LogP contribution in [0.3, 0.4) is 0 Å². The summed E-state index contributed by atoms with van der Waals surface area (Å²) >= 11 is 6.30. The molecule has 44 heavy (non-hydrogen) atoms. The fourth-order valence-electron chi connectivity index (χ4n) is 5.70. The molecule has 0 aromatic heterocycles. The van der Waals surface area contributed by atoms with Gasteiger partial charge in [-0.25, -0.2) is 8.42 Å². The number of anilines is 1. The molecule has 4 rings (SSSR count). The van der Waals surface area contributed by atoms with Gasteiger partial charge in [-0.2, -0.15) is 0 Å². The Balaban J connectivity index is 1.59. The first-order chi connectivity index (χ1) is 21.1. The molecule has 8 nitrogen and oxygen atoms in total. The van der Waals surface area contributed by atoms with E-state index in [0.29, 0.717) is 22.9 Å². The highest BCUT2D eigenvalue weighted by molar-refractivity contribution is 7.92. The molecule has 3 aromatic rings. The molecule has 236 valence electrons. The zero-order valence-corrected chi connectivity index (χ0v) is 27.0. The minimum Gasteiger partial charge on any atom is -0.497 e. The number of methoxy groups -OCH3 is 1. The minimum atomic E-state index is -3.63. The van der Waals surface area contributed by atoms with Crippen molar-refractivity contribution in [1.29, 1.82) is 0 Å². The number of halogens is 1. The van der Waals surface area contributed by atoms with E-state index in [1.807, 2.05) is 42.5 Å². The van der Waals surface area contributed by atoms with Crippen LogP contribution in [0.1, 0.15) is 56.1 Å². The fourth-order valence-corrected chi connectivity index (χ4v) is 6.87. The fraction of sp³-hybridized carbons (Fsp3) is 0.412. The number of nitrogens with one attached hydrogen (secondary N) is 1. The molecule has 1 saturated carbocycles. The molecule has 2 amide bonds. The zero-order chi connectivity index (χ0) is 31.5. The summed E-state index contributed by atoms with van der Waals surface area (Å²) in [5.41, 5.74) is 2.22. The second-order valence-electron chi connectivity index (χ2n) is 11.3. The SMILES string of the molecule is COc1cccc(N(CCCC(=O)N(Cc2cccc(Cl)c2)C(Cc2ccccc2)C(=O)NC2CCCCC2)S(C)(=O)=O)c1. The lowest BCUT2D eigenvalue weighted by Crippen LogP contribution is -2.52. The molecule has 1 aliphatic carbocycles. The van der Waals surface area contributed by atoms with Crippen molar-refractivity contribution in [3.63, 3.8) is 0 Å². The quantitative estimate of drug-likeness (QED) is 0.234. The molecule has 3 aromatic carbocycles. The van der Waals surface area contributed by atoms with Crippen LogP contribution in [0.4, 0.5) is 5.69 Å². The molecular weight excluding hydrogens is 598 g/mol. The molecule has 1 aliphatic rings. The average Bonchev–Trinajstić information content (AvgIpc) is 3.01. The van der Waals surface area contributed by atoms with Crippen molar-refractivity contribution in [1.82, 2.24) is 10.2 Å². The number of nitrogens with zero attached hydrogens (tertiary/aromatic N) is 2. The van der Waals surface area contributed by atoms with Gasteiger partial charge in [-0.05, 0) is 54.7 Å². The normalized spacial score (nSPS) is 14.4. The predicted molar refractivity (Wildman–Crippen MR) is 175 cm³/mol. The highest BCUT2D eigenvalue weighted by Gasteiger charge is 2.32. The summed E-state index contributed by atoms with van der Waals surface area (Å²) in [4.78, 5) is 29.6. The van der Waals surface area contributed by atoms with Gasteiger partial charge in [-0.15, -0.1) is 0 Å². The summed E-state index contributed by atoms with van der Waals surface area (Å²) in [5, 5.41) is 3.78. The lowest BCUT2D eigenvalue weighted by Gasteiger charge is -2.34. The van der Waals surface area contributed by atoms with Crippen LogP contribution in [0.15, 0.2) is 78.9 Å². The summed E-state index contributed by atoms with van der Waals surface area (Å²) in [5.74, 6) is 0.127. The third kappa shape index (κ3) is 9.72. The van der Waals surface area contributed by atoms with Gasteiger partial charge in [0.25, 0.3) is 0 Å². The summed E-state index contributed by atoms with van der Waals surface area (Å²) in [6, 6.07) is 23.1. The van der Waals surface area contributed by atoms with Crippen LogP contribution >= 0.6 is 11.6 Å². The number of rotatable bonds is 14. The van der Waals surface area contributed by atoms with Gasteiger partial charge in [-0.3, -0.25) is 13.9 Å². The number of benzene rings is 3. The first-order valence-corrected chi connectivity index (χ1v) is 17.4. The van der Waals surface area contributed by atoms with Crippen LogP contribution in [0.5, 0.6) is 5.75 Å². The first kappa shape index (κ1) is 33.3. The maximum atomic E-state index is 14.1. The molecule has 0 aliphatic heterocycles. The second-order valence-corrected chi connectivity index (χ2v) is 13.7. The number of hydrogen-bond donors (Lipinski definition) is 1. The van der Waals surface area contributed by atoms with E-state index >= 15 is 0 Å². The van der Waals surface area contributed by atoms with Gasteiger partial charge >= 0.3 is 0 Å². The van der Waals surface area contributed by atoms with Gasteiger partial charge in [0.1, 0.15) is 11.8 Å². The van der Waals surface area contributed by atoms with E-state index in [4.69, 9.17) is 16.3 Å². The maximum Gasteiger partial charge on any atom is 0.243 e. The Kier molecular flexibility index (Phi) is 12.1. The predicted octanol–water partition coefficient (Wildman–Crippen LogP) is 5.98. The van der Waals surface area contributed by atoms with E-state index < -0.39 is 16.1 Å². The van der Waals surface area contributed by atoms with E-state index in [-0.39, 0.29) is 43.8 Å². The molecule has 0 radical (unpaired) electrons. The zero-order valence-electron chi connectivity index (χ0n) is 25.5. The van der Waals surface area contributed by atoms with Crippen LogP contribution < -0.4 is 14.4 Å². The van der Waals surface area contributed by atoms with Gasteiger partial charge in [0.05, 0.1) is 19.1 Å². The Morgan fingerprint density at radius 2 is 1.66 bits per heavy atom. The Morgan fingerprint density at radius 1 is 0.955 bits per heavy atom. The van der Waals surface area contributed by atoms with Crippen molar-refractivity contribution in [3.8, 4) is 5.75 Å². The van der Waals surface area contributed by atoms with Gasteiger partial charge in [0, 0.05) is 43.1 Å². The maximum absolute atomic E-state index is 14.1. The third-order valence-electron chi connectivity index (χ3n) is 7.96. The highest BCUT2D eigenvalue weighted by Crippen LogP contribution is 2.25.